The summed E-state index contributed by atoms with van der Waals surface area (Å²) in [4.78, 5) is 0. The number of furan rings is 1. The second-order valence-electron chi connectivity index (χ2n) is 5.46. The van der Waals surface area contributed by atoms with Gasteiger partial charge in [-0.1, -0.05) is 36.7 Å². The Morgan fingerprint density at radius 1 is 1.29 bits per heavy atom. The summed E-state index contributed by atoms with van der Waals surface area (Å²) < 4.78 is 12.8. The fourth-order valence-corrected chi connectivity index (χ4v) is 2.62. The average Bonchev–Trinajstić information content (AvgIpc) is 2.98. The van der Waals surface area contributed by atoms with Crippen LogP contribution in [0.25, 0.3) is 0 Å². The van der Waals surface area contributed by atoms with Gasteiger partial charge in [-0.3, -0.25) is 0 Å². The number of nitrogens with two attached hydrogens (primary N) is 1. The first-order chi connectivity index (χ1) is 10.0. The lowest BCUT2D eigenvalue weighted by Gasteiger charge is -2.24. The number of halogens is 1. The first-order valence-electron chi connectivity index (χ1n) is 7.28. The summed E-state index contributed by atoms with van der Waals surface area (Å²) in [7, 11) is 0. The molecule has 21 heavy (non-hydrogen) atoms. The number of hydrogen-bond acceptors (Lipinski definition) is 3. The van der Waals surface area contributed by atoms with Crippen LogP contribution in [0.2, 0.25) is 0 Å². The minimum absolute atomic E-state index is 0.111. The fourth-order valence-electron chi connectivity index (χ4n) is 2.24. The highest BCUT2D eigenvalue weighted by molar-refractivity contribution is 9.10. The largest absolute Gasteiger partial charge is 0.481 e. The molecule has 1 aromatic carbocycles. The summed E-state index contributed by atoms with van der Waals surface area (Å²) in [5.41, 5.74) is 7.37. The summed E-state index contributed by atoms with van der Waals surface area (Å²) in [5.74, 6) is 1.99. The van der Waals surface area contributed by atoms with Crippen molar-refractivity contribution < 1.29 is 9.15 Å². The van der Waals surface area contributed by atoms with Gasteiger partial charge in [-0.25, -0.2) is 0 Å². The van der Waals surface area contributed by atoms with Gasteiger partial charge in [0, 0.05) is 10.5 Å². The summed E-state index contributed by atoms with van der Waals surface area (Å²) in [6, 6.07) is 9.72. The van der Waals surface area contributed by atoms with Gasteiger partial charge in [-0.05, 0) is 48.2 Å². The fraction of sp³-hybridized carbons (Fsp3) is 0.412. The van der Waals surface area contributed by atoms with E-state index in [-0.39, 0.29) is 12.1 Å². The lowest BCUT2D eigenvalue weighted by atomic mass is 10.0. The normalized spacial score (nSPS) is 14.2. The van der Waals surface area contributed by atoms with Crippen LogP contribution in [0.5, 0.6) is 5.75 Å². The average molecular weight is 352 g/mol. The molecule has 2 aromatic rings. The van der Waals surface area contributed by atoms with Gasteiger partial charge in [0.25, 0.3) is 0 Å². The second kappa shape index (κ2) is 7.14. The molecule has 0 spiro atoms. The minimum atomic E-state index is -0.274. The smallest absolute Gasteiger partial charge is 0.171 e. The van der Waals surface area contributed by atoms with Gasteiger partial charge in [0.15, 0.2) is 6.10 Å². The van der Waals surface area contributed by atoms with Crippen molar-refractivity contribution in [2.75, 3.05) is 0 Å². The third-order valence-corrected chi connectivity index (χ3v) is 4.02. The number of hydrogen-bond donors (Lipinski definition) is 1. The first-order valence-corrected chi connectivity index (χ1v) is 8.07. The van der Waals surface area contributed by atoms with Crippen LogP contribution >= 0.6 is 15.9 Å². The molecule has 3 nitrogen and oxygen atoms in total. The Bertz CT molecular complexity index is 566. The monoisotopic (exact) mass is 351 g/mol. The maximum atomic E-state index is 6.22. The van der Waals surface area contributed by atoms with Crippen LogP contribution in [0.15, 0.2) is 45.5 Å². The second-order valence-corrected chi connectivity index (χ2v) is 6.38. The molecule has 0 aliphatic rings. The Hall–Kier alpha value is -1.26. The van der Waals surface area contributed by atoms with E-state index in [9.17, 15) is 0 Å². The van der Waals surface area contributed by atoms with Crippen molar-refractivity contribution in [3.8, 4) is 5.75 Å². The molecule has 0 fully saturated rings. The molecular formula is C17H22BrNO2. The first kappa shape index (κ1) is 16.1. The van der Waals surface area contributed by atoms with E-state index >= 15 is 0 Å². The van der Waals surface area contributed by atoms with Gasteiger partial charge < -0.3 is 14.9 Å². The van der Waals surface area contributed by atoms with Crippen LogP contribution in [0.4, 0.5) is 0 Å². The molecule has 0 saturated carbocycles. The van der Waals surface area contributed by atoms with Crippen molar-refractivity contribution in [2.24, 2.45) is 5.73 Å². The SMILES string of the molecule is CCC(N)C(Oc1ccc(Br)cc1C(C)C)c1ccco1. The van der Waals surface area contributed by atoms with Crippen molar-refractivity contribution >= 4 is 15.9 Å². The highest BCUT2D eigenvalue weighted by atomic mass is 79.9. The van der Waals surface area contributed by atoms with Crippen LogP contribution in [-0.2, 0) is 0 Å². The van der Waals surface area contributed by atoms with Crippen LogP contribution in [-0.4, -0.2) is 6.04 Å². The molecule has 4 heteroatoms. The van der Waals surface area contributed by atoms with Gasteiger partial charge in [0.05, 0.1) is 6.26 Å². The van der Waals surface area contributed by atoms with Crippen molar-refractivity contribution in [2.45, 2.75) is 45.3 Å². The zero-order valence-electron chi connectivity index (χ0n) is 12.7. The van der Waals surface area contributed by atoms with E-state index in [0.717, 1.165) is 28.0 Å². The Kier molecular flexibility index (Phi) is 5.48. The molecule has 2 N–H and O–H groups in total. The molecule has 114 valence electrons. The minimum Gasteiger partial charge on any atom is -0.481 e. The van der Waals surface area contributed by atoms with Gasteiger partial charge in [-0.2, -0.15) is 0 Å². The van der Waals surface area contributed by atoms with E-state index in [4.69, 9.17) is 14.9 Å². The summed E-state index contributed by atoms with van der Waals surface area (Å²) >= 11 is 3.51. The molecule has 0 radical (unpaired) electrons. The molecule has 0 bridgehead atoms. The van der Waals surface area contributed by atoms with E-state index in [1.165, 1.54) is 0 Å². The van der Waals surface area contributed by atoms with Gasteiger partial charge in [0.2, 0.25) is 0 Å². The van der Waals surface area contributed by atoms with Gasteiger partial charge in [0.1, 0.15) is 11.5 Å². The standard InChI is InChI=1S/C17H22BrNO2/c1-4-14(19)17(16-6-5-9-20-16)21-15-8-7-12(18)10-13(15)11(2)3/h5-11,14,17H,4,19H2,1-3H3. The summed E-state index contributed by atoms with van der Waals surface area (Å²) in [5, 5.41) is 0. The van der Waals surface area contributed by atoms with Crippen LogP contribution in [0.3, 0.4) is 0 Å². The Morgan fingerprint density at radius 2 is 2.05 bits per heavy atom. The molecule has 1 aromatic heterocycles. The molecular weight excluding hydrogens is 330 g/mol. The quantitative estimate of drug-likeness (QED) is 0.794. The topological polar surface area (TPSA) is 48.4 Å². The highest BCUT2D eigenvalue weighted by Gasteiger charge is 2.24. The Morgan fingerprint density at radius 3 is 2.62 bits per heavy atom. The zero-order valence-corrected chi connectivity index (χ0v) is 14.3. The lowest BCUT2D eigenvalue weighted by molar-refractivity contribution is 0.143. The molecule has 0 aliphatic carbocycles. The maximum absolute atomic E-state index is 6.22. The lowest BCUT2D eigenvalue weighted by Crippen LogP contribution is -2.31. The predicted octanol–water partition coefficient (Wildman–Crippen LogP) is 5.02. The van der Waals surface area contributed by atoms with Crippen LogP contribution in [0, 0.1) is 0 Å². The van der Waals surface area contributed by atoms with E-state index in [0.29, 0.717) is 5.92 Å². The molecule has 0 aliphatic heterocycles. The molecule has 2 rings (SSSR count). The maximum Gasteiger partial charge on any atom is 0.171 e. The molecule has 0 amide bonds. The van der Waals surface area contributed by atoms with Crippen molar-refractivity contribution in [3.63, 3.8) is 0 Å². The third-order valence-electron chi connectivity index (χ3n) is 3.53. The molecule has 2 atom stereocenters. The number of benzene rings is 1. The number of rotatable bonds is 6. The number of ether oxygens (including phenoxy) is 1. The van der Waals surface area contributed by atoms with Crippen molar-refractivity contribution in [1.82, 2.24) is 0 Å². The van der Waals surface area contributed by atoms with E-state index in [2.05, 4.69) is 42.8 Å². The van der Waals surface area contributed by atoms with Gasteiger partial charge in [-0.15, -0.1) is 0 Å². The Labute approximate surface area is 134 Å². The predicted molar refractivity (Wildman–Crippen MR) is 88.6 cm³/mol. The highest BCUT2D eigenvalue weighted by Crippen LogP contribution is 2.34. The summed E-state index contributed by atoms with van der Waals surface area (Å²) in [6.45, 7) is 6.35. The van der Waals surface area contributed by atoms with E-state index < -0.39 is 0 Å². The van der Waals surface area contributed by atoms with E-state index in [1.54, 1.807) is 6.26 Å². The van der Waals surface area contributed by atoms with E-state index in [1.807, 2.05) is 24.3 Å². The Balaban J connectivity index is 2.33. The van der Waals surface area contributed by atoms with Crippen molar-refractivity contribution in [3.05, 3.63) is 52.4 Å². The third kappa shape index (κ3) is 3.89. The van der Waals surface area contributed by atoms with Gasteiger partial charge >= 0.3 is 0 Å². The van der Waals surface area contributed by atoms with Crippen molar-refractivity contribution in [1.29, 1.82) is 0 Å². The van der Waals surface area contributed by atoms with Crippen LogP contribution in [0.1, 0.15) is 50.5 Å². The molecule has 0 saturated heterocycles. The molecule has 1 heterocycles. The summed E-state index contributed by atoms with van der Waals surface area (Å²) in [6.07, 6.45) is 2.20. The zero-order chi connectivity index (χ0) is 15.4. The molecule has 2 unspecified atom stereocenters. The van der Waals surface area contributed by atoms with Crippen LogP contribution < -0.4 is 10.5 Å².